The fourth-order valence-corrected chi connectivity index (χ4v) is 3.15. The number of nitrogens with zero attached hydrogens (tertiary/aromatic N) is 1. The average molecular weight is 275 g/mol. The molecule has 1 aliphatic heterocycles. The summed E-state index contributed by atoms with van der Waals surface area (Å²) in [6, 6.07) is 11.1. The fraction of sp³-hybridized carbons (Fsp3) is 0.588. The molecule has 0 aliphatic carbocycles. The minimum absolute atomic E-state index is 0.311. The Bertz CT molecular complexity index is 418. The van der Waals surface area contributed by atoms with E-state index < -0.39 is 5.97 Å². The molecular formula is C17H25NO2. The van der Waals surface area contributed by atoms with Crippen LogP contribution in [0.3, 0.4) is 0 Å². The van der Waals surface area contributed by atoms with Crippen LogP contribution in [0.15, 0.2) is 30.3 Å². The highest BCUT2D eigenvalue weighted by atomic mass is 16.4. The van der Waals surface area contributed by atoms with Crippen molar-refractivity contribution in [1.29, 1.82) is 0 Å². The van der Waals surface area contributed by atoms with E-state index in [-0.39, 0.29) is 0 Å². The number of piperidine rings is 1. The summed E-state index contributed by atoms with van der Waals surface area (Å²) in [5.41, 5.74) is 1.38. The predicted octanol–water partition coefficient (Wildman–Crippen LogP) is 3.19. The maximum absolute atomic E-state index is 10.7. The summed E-state index contributed by atoms with van der Waals surface area (Å²) >= 11 is 0. The highest BCUT2D eigenvalue weighted by Gasteiger charge is 2.23. The molecule has 0 saturated carbocycles. The lowest BCUT2D eigenvalue weighted by Gasteiger charge is -2.37. The fourth-order valence-electron chi connectivity index (χ4n) is 3.15. The van der Waals surface area contributed by atoms with Gasteiger partial charge in [-0.2, -0.15) is 0 Å². The molecule has 1 saturated heterocycles. The molecule has 1 fully saturated rings. The first kappa shape index (κ1) is 15.0. The van der Waals surface area contributed by atoms with E-state index in [2.05, 4.69) is 42.2 Å². The molecular weight excluding hydrogens is 250 g/mol. The zero-order valence-corrected chi connectivity index (χ0v) is 12.3. The summed E-state index contributed by atoms with van der Waals surface area (Å²) < 4.78 is 0. The monoisotopic (exact) mass is 275 g/mol. The summed E-state index contributed by atoms with van der Waals surface area (Å²) in [5.74, 6) is -0.113. The van der Waals surface area contributed by atoms with Crippen molar-refractivity contribution >= 4 is 5.97 Å². The molecule has 110 valence electrons. The molecule has 1 aliphatic rings. The molecule has 0 bridgehead atoms. The summed E-state index contributed by atoms with van der Waals surface area (Å²) in [6.07, 6.45) is 4.59. The molecule has 3 heteroatoms. The summed E-state index contributed by atoms with van der Waals surface area (Å²) in [4.78, 5) is 13.2. The van der Waals surface area contributed by atoms with Crippen LogP contribution in [0.25, 0.3) is 0 Å². The first-order chi connectivity index (χ1) is 9.65. The lowest BCUT2D eigenvalue weighted by atomic mass is 9.92. The van der Waals surface area contributed by atoms with Crippen molar-refractivity contribution in [2.45, 2.75) is 45.1 Å². The van der Waals surface area contributed by atoms with E-state index in [1.807, 2.05) is 0 Å². The molecule has 3 nitrogen and oxygen atoms in total. The van der Waals surface area contributed by atoms with E-state index >= 15 is 0 Å². The minimum atomic E-state index is -0.667. The SMILES string of the molecule is CC(Cc1ccccc1)N1CCCC(CCC(=O)O)C1. The zero-order valence-electron chi connectivity index (χ0n) is 12.3. The number of benzene rings is 1. The first-order valence-corrected chi connectivity index (χ1v) is 7.65. The van der Waals surface area contributed by atoms with E-state index in [1.165, 1.54) is 18.4 Å². The summed E-state index contributed by atoms with van der Waals surface area (Å²) in [7, 11) is 0. The van der Waals surface area contributed by atoms with Crippen molar-refractivity contribution in [3.63, 3.8) is 0 Å². The van der Waals surface area contributed by atoms with Gasteiger partial charge in [0.2, 0.25) is 0 Å². The predicted molar refractivity (Wildman–Crippen MR) is 80.8 cm³/mol. The van der Waals surface area contributed by atoms with Gasteiger partial charge in [0.05, 0.1) is 0 Å². The van der Waals surface area contributed by atoms with Crippen molar-refractivity contribution in [3.05, 3.63) is 35.9 Å². The molecule has 1 aromatic carbocycles. The third-order valence-corrected chi connectivity index (χ3v) is 4.31. The van der Waals surface area contributed by atoms with E-state index in [0.29, 0.717) is 18.4 Å². The van der Waals surface area contributed by atoms with Gasteiger partial charge in [0, 0.05) is 19.0 Å². The van der Waals surface area contributed by atoms with Crippen LogP contribution in [0.5, 0.6) is 0 Å². The second kappa shape index (κ2) is 7.44. The highest BCUT2D eigenvalue weighted by molar-refractivity contribution is 5.66. The van der Waals surface area contributed by atoms with Gasteiger partial charge in [0.15, 0.2) is 0 Å². The second-order valence-corrected chi connectivity index (χ2v) is 5.97. The minimum Gasteiger partial charge on any atom is -0.481 e. The standard InChI is InChI=1S/C17H25NO2/c1-14(12-15-6-3-2-4-7-15)18-11-5-8-16(13-18)9-10-17(19)20/h2-4,6-7,14,16H,5,8-13H2,1H3,(H,19,20). The van der Waals surface area contributed by atoms with Gasteiger partial charge >= 0.3 is 5.97 Å². The third-order valence-electron chi connectivity index (χ3n) is 4.31. The molecule has 1 aromatic rings. The van der Waals surface area contributed by atoms with Gasteiger partial charge in [0.25, 0.3) is 0 Å². The van der Waals surface area contributed by atoms with Gasteiger partial charge in [-0.25, -0.2) is 0 Å². The van der Waals surface area contributed by atoms with Gasteiger partial charge in [-0.15, -0.1) is 0 Å². The molecule has 20 heavy (non-hydrogen) atoms. The van der Waals surface area contributed by atoms with Gasteiger partial charge in [-0.3, -0.25) is 4.79 Å². The van der Waals surface area contributed by atoms with E-state index in [0.717, 1.165) is 25.9 Å². The smallest absolute Gasteiger partial charge is 0.303 e. The molecule has 0 spiro atoms. The van der Waals surface area contributed by atoms with Crippen LogP contribution in [-0.4, -0.2) is 35.1 Å². The Morgan fingerprint density at radius 1 is 1.40 bits per heavy atom. The number of rotatable bonds is 6. The van der Waals surface area contributed by atoms with Crippen LogP contribution in [0.2, 0.25) is 0 Å². The molecule has 2 atom stereocenters. The van der Waals surface area contributed by atoms with Crippen LogP contribution >= 0.6 is 0 Å². The number of carbonyl (C=O) groups is 1. The van der Waals surface area contributed by atoms with Crippen LogP contribution in [0, 0.1) is 5.92 Å². The molecule has 2 rings (SSSR count). The van der Waals surface area contributed by atoms with Crippen molar-refractivity contribution in [3.8, 4) is 0 Å². The lowest BCUT2D eigenvalue weighted by Crippen LogP contribution is -2.42. The number of aliphatic carboxylic acids is 1. The highest BCUT2D eigenvalue weighted by Crippen LogP contribution is 2.23. The Kier molecular flexibility index (Phi) is 5.60. The van der Waals surface area contributed by atoms with Crippen LogP contribution < -0.4 is 0 Å². The molecule has 0 amide bonds. The quantitative estimate of drug-likeness (QED) is 0.866. The Hall–Kier alpha value is -1.35. The summed E-state index contributed by atoms with van der Waals surface area (Å²) in [5, 5.41) is 8.80. The van der Waals surface area contributed by atoms with Crippen LogP contribution in [0.4, 0.5) is 0 Å². The molecule has 1 heterocycles. The molecule has 1 N–H and O–H groups in total. The lowest BCUT2D eigenvalue weighted by molar-refractivity contribution is -0.137. The van der Waals surface area contributed by atoms with Crippen molar-refractivity contribution in [1.82, 2.24) is 4.90 Å². The number of likely N-dealkylation sites (tertiary alicyclic amines) is 1. The Balaban J connectivity index is 1.83. The maximum Gasteiger partial charge on any atom is 0.303 e. The second-order valence-electron chi connectivity index (χ2n) is 5.97. The first-order valence-electron chi connectivity index (χ1n) is 7.65. The maximum atomic E-state index is 10.7. The van der Waals surface area contributed by atoms with E-state index in [1.54, 1.807) is 0 Å². The Morgan fingerprint density at radius 2 is 2.15 bits per heavy atom. The van der Waals surface area contributed by atoms with Crippen molar-refractivity contribution in [2.24, 2.45) is 5.92 Å². The van der Waals surface area contributed by atoms with Gasteiger partial charge in [0.1, 0.15) is 0 Å². The zero-order chi connectivity index (χ0) is 14.4. The number of carboxylic acid groups (broad SMARTS) is 1. The van der Waals surface area contributed by atoms with Gasteiger partial charge < -0.3 is 10.0 Å². The molecule has 2 unspecified atom stereocenters. The Labute approximate surface area is 121 Å². The van der Waals surface area contributed by atoms with E-state index in [4.69, 9.17) is 5.11 Å². The molecule has 0 aromatic heterocycles. The third kappa shape index (κ3) is 4.64. The van der Waals surface area contributed by atoms with Crippen molar-refractivity contribution < 1.29 is 9.90 Å². The number of carboxylic acids is 1. The van der Waals surface area contributed by atoms with Crippen LogP contribution in [-0.2, 0) is 11.2 Å². The van der Waals surface area contributed by atoms with Gasteiger partial charge in [-0.1, -0.05) is 30.3 Å². The largest absolute Gasteiger partial charge is 0.481 e. The van der Waals surface area contributed by atoms with E-state index in [9.17, 15) is 4.79 Å². The normalized spacial score (nSPS) is 21.6. The molecule has 0 radical (unpaired) electrons. The number of hydrogen-bond donors (Lipinski definition) is 1. The van der Waals surface area contributed by atoms with Crippen molar-refractivity contribution in [2.75, 3.05) is 13.1 Å². The summed E-state index contributed by atoms with van der Waals surface area (Å²) in [6.45, 7) is 4.49. The average Bonchev–Trinajstić information content (AvgIpc) is 2.46. The Morgan fingerprint density at radius 3 is 2.85 bits per heavy atom. The van der Waals surface area contributed by atoms with Crippen LogP contribution in [0.1, 0.15) is 38.2 Å². The topological polar surface area (TPSA) is 40.5 Å². The van der Waals surface area contributed by atoms with Gasteiger partial charge in [-0.05, 0) is 50.6 Å². The number of hydrogen-bond acceptors (Lipinski definition) is 2.